The maximum atomic E-state index is 14.2. The summed E-state index contributed by atoms with van der Waals surface area (Å²) in [6.45, 7) is -1.43. The number of unbranched alkanes of at least 4 members (excludes halogenated alkanes) is 1. The van der Waals surface area contributed by atoms with Gasteiger partial charge in [-0.25, -0.2) is 0 Å². The van der Waals surface area contributed by atoms with E-state index in [1.54, 1.807) is 91.0 Å². The quantitative estimate of drug-likeness (QED) is 0.0175. The molecule has 18 N–H and O–H groups in total. The minimum absolute atomic E-state index is 0.00800. The Morgan fingerprint density at radius 1 is 0.500 bits per heavy atom. The molecule has 22 nitrogen and oxygen atoms in total. The lowest BCUT2D eigenvalue weighted by Crippen LogP contribution is -2.60. The SMILES string of the molecule is NCCCC[C@H](N)C(=O)NCC(=O)NCC(=O)N[C@@H](Cc1ccccc1)C(=O)N[C@@H](CO)C(=O)N[C@@H](Cc1ccccc1)C(=O)N[C@@H](CCCN=C(N)N)C(=O)N[C@@H](Cc1ccccc1)C(N)=O. The average molecular weight is 944 g/mol. The average Bonchev–Trinajstić information content (AvgIpc) is 3.32. The van der Waals surface area contributed by atoms with Gasteiger partial charge in [0, 0.05) is 25.8 Å². The summed E-state index contributed by atoms with van der Waals surface area (Å²) >= 11 is 0. The van der Waals surface area contributed by atoms with E-state index in [2.05, 4.69) is 42.2 Å². The third-order valence-corrected chi connectivity index (χ3v) is 10.4. The number of hydrogen-bond donors (Lipinski definition) is 13. The summed E-state index contributed by atoms with van der Waals surface area (Å²) in [4.78, 5) is 110. The van der Waals surface area contributed by atoms with E-state index in [9.17, 15) is 43.5 Å². The molecule has 0 heterocycles. The van der Waals surface area contributed by atoms with E-state index in [0.717, 1.165) is 0 Å². The van der Waals surface area contributed by atoms with Crippen LogP contribution in [0.3, 0.4) is 0 Å². The van der Waals surface area contributed by atoms with Gasteiger partial charge in [0.15, 0.2) is 5.96 Å². The highest BCUT2D eigenvalue weighted by molar-refractivity contribution is 5.97. The molecule has 3 aromatic carbocycles. The van der Waals surface area contributed by atoms with Gasteiger partial charge in [-0.1, -0.05) is 97.4 Å². The molecule has 0 spiro atoms. The monoisotopic (exact) mass is 944 g/mol. The molecule has 3 aromatic rings. The first kappa shape index (κ1) is 54.9. The van der Waals surface area contributed by atoms with Gasteiger partial charge in [0.2, 0.25) is 47.3 Å². The molecule has 0 fully saturated rings. The number of aliphatic hydroxyl groups is 1. The van der Waals surface area contributed by atoms with Crippen molar-refractivity contribution < 1.29 is 43.5 Å². The predicted octanol–water partition coefficient (Wildman–Crippen LogP) is -3.64. The molecule has 0 aliphatic rings. The van der Waals surface area contributed by atoms with Crippen molar-refractivity contribution in [3.8, 4) is 0 Å². The molecule has 0 saturated heterocycles. The third kappa shape index (κ3) is 20.8. The van der Waals surface area contributed by atoms with Crippen molar-refractivity contribution in [3.05, 3.63) is 108 Å². The van der Waals surface area contributed by atoms with Crippen LogP contribution in [0.15, 0.2) is 96.0 Å². The number of nitrogens with zero attached hydrogens (tertiary/aromatic N) is 1. The second-order valence-corrected chi connectivity index (χ2v) is 15.9. The van der Waals surface area contributed by atoms with Crippen molar-refractivity contribution in [2.24, 2.45) is 33.7 Å². The number of carbonyl (C=O) groups excluding carboxylic acids is 8. The van der Waals surface area contributed by atoms with Gasteiger partial charge in [-0.2, -0.15) is 0 Å². The summed E-state index contributed by atoms with van der Waals surface area (Å²) in [6.07, 6.45) is 1.80. The lowest BCUT2D eigenvalue weighted by molar-refractivity contribution is -0.135. The van der Waals surface area contributed by atoms with Crippen LogP contribution in [0.5, 0.6) is 0 Å². The third-order valence-electron chi connectivity index (χ3n) is 10.4. The van der Waals surface area contributed by atoms with Crippen molar-refractivity contribution in [3.63, 3.8) is 0 Å². The van der Waals surface area contributed by atoms with Crippen molar-refractivity contribution in [2.75, 3.05) is 32.8 Å². The molecule has 0 aliphatic carbocycles. The number of aliphatic imine (C=N–C) groups is 1. The highest BCUT2D eigenvalue weighted by atomic mass is 16.3. The number of amides is 8. The largest absolute Gasteiger partial charge is 0.394 e. The van der Waals surface area contributed by atoms with E-state index < -0.39 is 103 Å². The molecule has 8 amide bonds. The minimum Gasteiger partial charge on any atom is -0.394 e. The Kier molecular flexibility index (Phi) is 24.2. The fraction of sp³-hybridized carbons (Fsp3) is 0.413. The zero-order valence-electron chi connectivity index (χ0n) is 37.9. The van der Waals surface area contributed by atoms with E-state index in [1.807, 2.05) is 0 Å². The van der Waals surface area contributed by atoms with Crippen LogP contribution in [-0.4, -0.2) is 127 Å². The van der Waals surface area contributed by atoms with Crippen LogP contribution in [0.25, 0.3) is 0 Å². The predicted molar refractivity (Wildman–Crippen MR) is 253 cm³/mol. The van der Waals surface area contributed by atoms with E-state index in [0.29, 0.717) is 42.5 Å². The molecule has 0 aromatic heterocycles. The molecular weight excluding hydrogens is 879 g/mol. The maximum Gasteiger partial charge on any atom is 0.245 e. The van der Waals surface area contributed by atoms with Crippen LogP contribution in [0.2, 0.25) is 0 Å². The second-order valence-electron chi connectivity index (χ2n) is 15.9. The number of primary amides is 1. The first-order valence-corrected chi connectivity index (χ1v) is 22.2. The first-order valence-electron chi connectivity index (χ1n) is 22.2. The van der Waals surface area contributed by atoms with E-state index >= 15 is 0 Å². The Bertz CT molecular complexity index is 2130. The molecule has 0 aliphatic heterocycles. The maximum absolute atomic E-state index is 14.2. The number of guanidine groups is 1. The van der Waals surface area contributed by atoms with Crippen molar-refractivity contribution in [1.82, 2.24) is 37.2 Å². The Morgan fingerprint density at radius 3 is 1.44 bits per heavy atom. The molecular formula is C46H65N13O9. The van der Waals surface area contributed by atoms with E-state index in [1.165, 1.54) is 0 Å². The molecule has 22 heteroatoms. The Hall–Kier alpha value is -7.43. The van der Waals surface area contributed by atoms with Gasteiger partial charge in [0.05, 0.1) is 25.7 Å². The fourth-order valence-electron chi connectivity index (χ4n) is 6.67. The van der Waals surface area contributed by atoms with E-state index in [4.69, 9.17) is 28.7 Å². The minimum atomic E-state index is -1.65. The fourth-order valence-corrected chi connectivity index (χ4v) is 6.67. The summed E-state index contributed by atoms with van der Waals surface area (Å²) in [6, 6.07) is 18.4. The van der Waals surface area contributed by atoms with Crippen molar-refractivity contribution in [1.29, 1.82) is 0 Å². The summed E-state index contributed by atoms with van der Waals surface area (Å²) in [5.74, 6) is -6.49. The molecule has 6 atom stereocenters. The molecule has 368 valence electrons. The number of nitrogens with two attached hydrogens (primary N) is 5. The molecule has 0 saturated carbocycles. The molecule has 68 heavy (non-hydrogen) atoms. The first-order chi connectivity index (χ1) is 32.6. The summed E-state index contributed by atoms with van der Waals surface area (Å²) in [5.41, 5.74) is 29.9. The topological polar surface area (TPSA) is 383 Å². The van der Waals surface area contributed by atoms with Gasteiger partial charge < -0.3 is 71.0 Å². The second kappa shape index (κ2) is 30.0. The number of hydrogen-bond acceptors (Lipinski definition) is 12. The highest BCUT2D eigenvalue weighted by Gasteiger charge is 2.32. The molecule has 0 unspecified atom stereocenters. The Balaban J connectivity index is 1.77. The zero-order chi connectivity index (χ0) is 49.8. The summed E-state index contributed by atoms with van der Waals surface area (Å²) in [7, 11) is 0. The normalized spacial score (nSPS) is 13.4. The molecule has 0 radical (unpaired) electrons. The standard InChI is InChI=1S/C46H65N13O9/c47-21-11-10-19-32(48)41(64)54-26-38(61)53-27-39(62)55-35(24-30-15-6-2-7-16-30)43(66)59-37(28-60)45(68)58-36(25-31-17-8-3-9-18-31)44(67)56-33(20-12-22-52-46(50)51)42(65)57-34(40(49)63)23-29-13-4-1-5-14-29/h1-9,13-18,32-37,60H,10-12,19-28,47-48H2,(H2,49,63)(H,53,61)(H,54,64)(H,55,62)(H,56,67)(H,57,65)(H,58,68)(H,59,66)(H4,50,51,52)/t32-,33-,34-,35-,36-,37-/m0/s1. The van der Waals surface area contributed by atoms with E-state index in [-0.39, 0.29) is 44.6 Å². The number of carbonyl (C=O) groups is 8. The number of nitrogens with one attached hydrogen (secondary N) is 7. The Morgan fingerprint density at radius 2 is 0.941 bits per heavy atom. The summed E-state index contributed by atoms with van der Waals surface area (Å²) < 4.78 is 0. The van der Waals surface area contributed by atoms with Crippen LogP contribution in [0, 0.1) is 0 Å². The van der Waals surface area contributed by atoms with Gasteiger partial charge >= 0.3 is 0 Å². The van der Waals surface area contributed by atoms with Gasteiger partial charge in [-0.05, 0) is 48.9 Å². The van der Waals surface area contributed by atoms with Gasteiger partial charge in [-0.15, -0.1) is 0 Å². The van der Waals surface area contributed by atoms with Crippen LogP contribution < -0.4 is 65.9 Å². The lowest BCUT2D eigenvalue weighted by Gasteiger charge is -2.27. The van der Waals surface area contributed by atoms with Crippen molar-refractivity contribution in [2.45, 2.75) is 87.6 Å². The van der Waals surface area contributed by atoms with Gasteiger partial charge in [-0.3, -0.25) is 43.3 Å². The summed E-state index contributed by atoms with van der Waals surface area (Å²) in [5, 5.41) is 28.0. The van der Waals surface area contributed by atoms with Crippen LogP contribution in [0.4, 0.5) is 0 Å². The van der Waals surface area contributed by atoms with Gasteiger partial charge in [0.1, 0.15) is 30.2 Å². The lowest BCUT2D eigenvalue weighted by atomic mass is 10.0. The smallest absolute Gasteiger partial charge is 0.245 e. The number of rotatable bonds is 30. The Labute approximate surface area is 394 Å². The zero-order valence-corrected chi connectivity index (χ0v) is 37.9. The molecule has 0 bridgehead atoms. The number of aliphatic hydroxyl groups excluding tert-OH is 1. The highest BCUT2D eigenvalue weighted by Crippen LogP contribution is 2.10. The number of benzene rings is 3. The van der Waals surface area contributed by atoms with Crippen LogP contribution in [-0.2, 0) is 57.6 Å². The molecule has 3 rings (SSSR count). The van der Waals surface area contributed by atoms with Crippen LogP contribution >= 0.6 is 0 Å². The van der Waals surface area contributed by atoms with Crippen LogP contribution in [0.1, 0.15) is 48.8 Å². The van der Waals surface area contributed by atoms with Crippen molar-refractivity contribution >= 4 is 53.2 Å². The van der Waals surface area contributed by atoms with Gasteiger partial charge in [0.25, 0.3) is 0 Å².